The van der Waals surface area contributed by atoms with Gasteiger partial charge in [-0.3, -0.25) is 0 Å². The minimum atomic E-state index is -0.389. The molecule has 2 nitrogen and oxygen atoms in total. The van der Waals surface area contributed by atoms with E-state index in [0.29, 0.717) is 0 Å². The molecule has 4 aromatic carbocycles. The molecule has 0 aromatic heterocycles. The van der Waals surface area contributed by atoms with Gasteiger partial charge in [0.15, 0.2) is 0 Å². The second-order valence-corrected chi connectivity index (χ2v) is 9.29. The van der Waals surface area contributed by atoms with Gasteiger partial charge in [-0.25, -0.2) is 0 Å². The Hall–Kier alpha value is -3.52. The predicted octanol–water partition coefficient (Wildman–Crippen LogP) is 10.1. The molecule has 4 aromatic rings. The molecule has 200 valence electrons. The van der Waals surface area contributed by atoms with Crippen molar-refractivity contribution >= 4 is 0 Å². The molecule has 0 aliphatic heterocycles. The lowest BCUT2D eigenvalue weighted by atomic mass is 9.68. The van der Waals surface area contributed by atoms with E-state index >= 15 is 0 Å². The Labute approximate surface area is 230 Å². The van der Waals surface area contributed by atoms with Crippen molar-refractivity contribution in [2.75, 3.05) is 13.2 Å². The Morgan fingerprint density at radius 2 is 0.842 bits per heavy atom. The van der Waals surface area contributed by atoms with Gasteiger partial charge in [0.25, 0.3) is 0 Å². The third kappa shape index (κ3) is 5.80. The van der Waals surface area contributed by atoms with Crippen LogP contribution in [0.1, 0.15) is 83.1 Å². The highest BCUT2D eigenvalue weighted by molar-refractivity contribution is 5.86. The summed E-state index contributed by atoms with van der Waals surface area (Å²) in [7, 11) is 0. The molecule has 38 heavy (non-hydrogen) atoms. The maximum absolute atomic E-state index is 5.89. The number of hydrogen-bond donors (Lipinski definition) is 0. The maximum atomic E-state index is 5.89. The van der Waals surface area contributed by atoms with Crippen LogP contribution < -0.4 is 9.47 Å². The Morgan fingerprint density at radius 3 is 1.18 bits per heavy atom. The fourth-order valence-corrected chi connectivity index (χ4v) is 5.07. The molecule has 5 rings (SSSR count). The smallest absolute Gasteiger partial charge is 0.119 e. The van der Waals surface area contributed by atoms with Gasteiger partial charge < -0.3 is 9.47 Å². The SMILES string of the molecule is CC.CCC.CCCOc1ccc(C2(c3ccc(OCCC)cc3)c3ccccc3-c3ccccc32)cc1. The standard InChI is InChI=1S/C31H30O2.C3H8.C2H6/c1-3-21-32-25-17-13-23(14-18-25)31(24-15-19-26(20-16-24)33-22-4-2)29-11-7-5-9-27(29)28-10-6-8-12-30(28)31;1-3-2;1-2/h5-20H,3-4,21-22H2,1-2H3;3H2,1-2H3;1-2H3. The first-order valence-corrected chi connectivity index (χ1v) is 14.4. The summed E-state index contributed by atoms with van der Waals surface area (Å²) in [6, 6.07) is 34.9. The predicted molar refractivity (Wildman–Crippen MR) is 163 cm³/mol. The zero-order valence-electron chi connectivity index (χ0n) is 24.1. The first kappa shape index (κ1) is 29.0. The van der Waals surface area contributed by atoms with Crippen molar-refractivity contribution in [2.24, 2.45) is 0 Å². The molecule has 0 N–H and O–H groups in total. The van der Waals surface area contributed by atoms with E-state index in [0.717, 1.165) is 37.6 Å². The van der Waals surface area contributed by atoms with Crippen LogP contribution in [0.3, 0.4) is 0 Å². The number of ether oxygens (including phenoxy) is 2. The lowest BCUT2D eigenvalue weighted by molar-refractivity contribution is 0.317. The zero-order chi connectivity index (χ0) is 27.4. The Kier molecular flexibility index (Phi) is 11.0. The molecule has 0 radical (unpaired) electrons. The average molecular weight is 509 g/mol. The van der Waals surface area contributed by atoms with Crippen LogP contribution in [0.15, 0.2) is 97.1 Å². The molecule has 0 fully saturated rings. The first-order valence-electron chi connectivity index (χ1n) is 14.4. The summed E-state index contributed by atoms with van der Waals surface area (Å²) in [5.41, 5.74) is 7.32. The van der Waals surface area contributed by atoms with Crippen molar-refractivity contribution < 1.29 is 9.47 Å². The molecule has 0 saturated heterocycles. The molecule has 0 atom stereocenters. The van der Waals surface area contributed by atoms with Crippen LogP contribution in [-0.2, 0) is 5.41 Å². The zero-order valence-corrected chi connectivity index (χ0v) is 24.1. The molecular formula is C36H44O2. The number of hydrogen-bond acceptors (Lipinski definition) is 2. The molecule has 0 amide bonds. The van der Waals surface area contributed by atoms with Gasteiger partial charge in [-0.2, -0.15) is 0 Å². The fraction of sp³-hybridized carbons (Fsp3) is 0.333. The van der Waals surface area contributed by atoms with Crippen molar-refractivity contribution in [2.45, 2.75) is 66.2 Å². The largest absolute Gasteiger partial charge is 0.494 e. The van der Waals surface area contributed by atoms with Crippen LogP contribution in [0.2, 0.25) is 0 Å². The van der Waals surface area contributed by atoms with E-state index in [9.17, 15) is 0 Å². The summed E-state index contributed by atoms with van der Waals surface area (Å²) < 4.78 is 11.8. The highest BCUT2D eigenvalue weighted by atomic mass is 16.5. The highest BCUT2D eigenvalue weighted by Gasteiger charge is 2.45. The van der Waals surface area contributed by atoms with Gasteiger partial charge in [0.2, 0.25) is 0 Å². The minimum absolute atomic E-state index is 0.389. The lowest BCUT2D eigenvalue weighted by Crippen LogP contribution is -2.28. The molecular weight excluding hydrogens is 464 g/mol. The van der Waals surface area contributed by atoms with E-state index in [1.165, 1.54) is 39.8 Å². The molecule has 0 saturated carbocycles. The van der Waals surface area contributed by atoms with Crippen LogP contribution in [0.4, 0.5) is 0 Å². The van der Waals surface area contributed by atoms with E-state index in [-0.39, 0.29) is 5.41 Å². The van der Waals surface area contributed by atoms with Crippen LogP contribution in [0.25, 0.3) is 11.1 Å². The van der Waals surface area contributed by atoms with E-state index < -0.39 is 0 Å². The summed E-state index contributed by atoms with van der Waals surface area (Å²) in [4.78, 5) is 0. The van der Waals surface area contributed by atoms with E-state index in [1.54, 1.807) is 0 Å². The van der Waals surface area contributed by atoms with Gasteiger partial charge >= 0.3 is 0 Å². The van der Waals surface area contributed by atoms with Gasteiger partial charge in [-0.15, -0.1) is 0 Å². The van der Waals surface area contributed by atoms with Crippen molar-refractivity contribution in [1.29, 1.82) is 0 Å². The Balaban J connectivity index is 0.000000748. The topological polar surface area (TPSA) is 18.5 Å². The summed E-state index contributed by atoms with van der Waals surface area (Å²) in [5, 5.41) is 0. The normalized spacial score (nSPS) is 12.2. The van der Waals surface area contributed by atoms with Gasteiger partial charge in [-0.05, 0) is 70.5 Å². The minimum Gasteiger partial charge on any atom is -0.494 e. The van der Waals surface area contributed by atoms with Gasteiger partial charge in [0, 0.05) is 0 Å². The summed E-state index contributed by atoms with van der Waals surface area (Å²) >= 11 is 0. The van der Waals surface area contributed by atoms with E-state index in [1.807, 2.05) is 13.8 Å². The van der Waals surface area contributed by atoms with Crippen LogP contribution in [-0.4, -0.2) is 13.2 Å². The second kappa shape index (κ2) is 14.4. The quantitative estimate of drug-likeness (QED) is 0.208. The fourth-order valence-electron chi connectivity index (χ4n) is 5.07. The Bertz CT molecular complexity index is 1140. The van der Waals surface area contributed by atoms with Crippen LogP contribution in [0.5, 0.6) is 11.5 Å². The van der Waals surface area contributed by atoms with Crippen LogP contribution in [0, 0.1) is 0 Å². The van der Waals surface area contributed by atoms with Crippen molar-refractivity contribution in [3.05, 3.63) is 119 Å². The molecule has 0 unspecified atom stereocenters. The molecule has 2 heteroatoms. The molecule has 0 bridgehead atoms. The van der Waals surface area contributed by atoms with Gasteiger partial charge in [0.1, 0.15) is 11.5 Å². The molecule has 0 heterocycles. The van der Waals surface area contributed by atoms with Crippen molar-refractivity contribution in [3.8, 4) is 22.6 Å². The van der Waals surface area contributed by atoms with Gasteiger partial charge in [0.05, 0.1) is 18.6 Å². The van der Waals surface area contributed by atoms with Gasteiger partial charge in [-0.1, -0.05) is 121 Å². The van der Waals surface area contributed by atoms with Crippen LogP contribution >= 0.6 is 0 Å². The lowest BCUT2D eigenvalue weighted by Gasteiger charge is -2.34. The first-order chi connectivity index (χ1) is 18.7. The second-order valence-electron chi connectivity index (χ2n) is 9.29. The Morgan fingerprint density at radius 1 is 0.500 bits per heavy atom. The molecule has 1 aliphatic rings. The number of benzene rings is 4. The molecule has 1 aliphatic carbocycles. The third-order valence-corrected chi connectivity index (χ3v) is 6.47. The summed E-state index contributed by atoms with van der Waals surface area (Å²) in [5.74, 6) is 1.83. The summed E-state index contributed by atoms with van der Waals surface area (Å²) in [6.07, 6.45) is 3.25. The number of rotatable bonds is 8. The summed E-state index contributed by atoms with van der Waals surface area (Å²) in [6.45, 7) is 14.0. The van der Waals surface area contributed by atoms with E-state index in [4.69, 9.17) is 9.47 Å². The van der Waals surface area contributed by atoms with Crippen molar-refractivity contribution in [3.63, 3.8) is 0 Å². The molecule has 0 spiro atoms. The monoisotopic (exact) mass is 508 g/mol. The maximum Gasteiger partial charge on any atom is 0.119 e. The average Bonchev–Trinajstić information content (AvgIpc) is 3.28. The third-order valence-electron chi connectivity index (χ3n) is 6.47. The van der Waals surface area contributed by atoms with Crippen molar-refractivity contribution in [1.82, 2.24) is 0 Å². The highest BCUT2D eigenvalue weighted by Crippen LogP contribution is 2.56. The number of fused-ring (bicyclic) bond motifs is 3. The van der Waals surface area contributed by atoms with E-state index in [2.05, 4.69) is 125 Å².